The molecule has 0 fully saturated rings. The number of para-hydroxylation sites is 1. The third-order valence-corrected chi connectivity index (χ3v) is 3.86. The molecule has 0 aliphatic carbocycles. The number of hydrogen-bond acceptors (Lipinski definition) is 4. The highest BCUT2D eigenvalue weighted by molar-refractivity contribution is 7.09. The summed E-state index contributed by atoms with van der Waals surface area (Å²) in [5.41, 5.74) is 1.68. The second kappa shape index (κ2) is 7.47. The number of ether oxygens (including phenoxy) is 1. The van der Waals surface area contributed by atoms with E-state index in [1.165, 1.54) is 0 Å². The Kier molecular flexibility index (Phi) is 5.64. The van der Waals surface area contributed by atoms with Crippen LogP contribution >= 0.6 is 11.3 Å². The fraction of sp³-hybridized carbons (Fsp3) is 0.400. The number of aryl methyl sites for hydroxylation is 1. The highest BCUT2D eigenvalue weighted by Crippen LogP contribution is 2.29. The number of rotatable bonds is 7. The lowest BCUT2D eigenvalue weighted by Crippen LogP contribution is -2.24. The van der Waals surface area contributed by atoms with Crippen molar-refractivity contribution in [2.75, 3.05) is 6.54 Å². The molecule has 1 unspecified atom stereocenters. The molecule has 0 aliphatic heterocycles. The molecule has 0 saturated heterocycles. The van der Waals surface area contributed by atoms with Gasteiger partial charge in [-0.2, -0.15) is 8.78 Å². The first-order valence-corrected chi connectivity index (χ1v) is 7.66. The van der Waals surface area contributed by atoms with Gasteiger partial charge in [-0.25, -0.2) is 4.98 Å². The molecule has 1 aromatic carbocycles. The molecule has 1 aromatic heterocycles. The molecule has 0 radical (unpaired) electrons. The molecule has 0 saturated carbocycles. The predicted octanol–water partition coefficient (Wildman–Crippen LogP) is 3.95. The number of halogens is 2. The maximum absolute atomic E-state index is 12.5. The number of nitrogens with zero attached hydrogens (tertiary/aromatic N) is 1. The van der Waals surface area contributed by atoms with Crippen molar-refractivity contribution >= 4 is 11.3 Å². The van der Waals surface area contributed by atoms with Crippen LogP contribution < -0.4 is 10.1 Å². The van der Waals surface area contributed by atoms with Crippen LogP contribution in [0.3, 0.4) is 0 Å². The van der Waals surface area contributed by atoms with Crippen LogP contribution in [0, 0.1) is 6.92 Å². The first kappa shape index (κ1) is 15.9. The second-order valence-corrected chi connectivity index (χ2v) is 5.65. The summed E-state index contributed by atoms with van der Waals surface area (Å²) in [6.07, 6.45) is 0.641. The van der Waals surface area contributed by atoms with Crippen molar-refractivity contribution in [1.82, 2.24) is 10.3 Å². The van der Waals surface area contributed by atoms with Gasteiger partial charge in [0.05, 0.1) is 10.7 Å². The largest absolute Gasteiger partial charge is 0.434 e. The Hall–Kier alpha value is -1.53. The van der Waals surface area contributed by atoms with Gasteiger partial charge in [0.1, 0.15) is 5.75 Å². The molecule has 1 atom stereocenters. The van der Waals surface area contributed by atoms with Gasteiger partial charge in [0, 0.05) is 23.4 Å². The van der Waals surface area contributed by atoms with Crippen LogP contribution in [0.2, 0.25) is 0 Å². The van der Waals surface area contributed by atoms with E-state index >= 15 is 0 Å². The van der Waals surface area contributed by atoms with Gasteiger partial charge in [-0.05, 0) is 19.5 Å². The van der Waals surface area contributed by atoms with Crippen LogP contribution in [0.1, 0.15) is 29.2 Å². The SMILES string of the molecule is CCNC(Cc1csc(C)n1)c1ccccc1OC(F)F. The van der Waals surface area contributed by atoms with Crippen molar-refractivity contribution in [3.05, 3.63) is 45.9 Å². The van der Waals surface area contributed by atoms with Crippen LogP contribution in [0.25, 0.3) is 0 Å². The number of thiazole rings is 1. The molecule has 6 heteroatoms. The minimum absolute atomic E-state index is 0.105. The van der Waals surface area contributed by atoms with Gasteiger partial charge in [-0.15, -0.1) is 11.3 Å². The van der Waals surface area contributed by atoms with E-state index in [4.69, 9.17) is 0 Å². The fourth-order valence-corrected chi connectivity index (χ4v) is 2.85. The molecule has 0 bridgehead atoms. The average molecular weight is 312 g/mol. The summed E-state index contributed by atoms with van der Waals surface area (Å²) >= 11 is 1.58. The van der Waals surface area contributed by atoms with Gasteiger partial charge < -0.3 is 10.1 Å². The maximum atomic E-state index is 12.5. The number of alkyl halides is 2. The quantitative estimate of drug-likeness (QED) is 0.840. The number of aromatic nitrogens is 1. The molecule has 3 nitrogen and oxygen atoms in total. The van der Waals surface area contributed by atoms with Crippen molar-refractivity contribution in [2.24, 2.45) is 0 Å². The number of benzene rings is 1. The van der Waals surface area contributed by atoms with Crippen molar-refractivity contribution in [3.63, 3.8) is 0 Å². The second-order valence-electron chi connectivity index (χ2n) is 4.59. The van der Waals surface area contributed by atoms with Gasteiger partial charge >= 0.3 is 6.61 Å². The topological polar surface area (TPSA) is 34.2 Å². The first-order valence-electron chi connectivity index (χ1n) is 6.78. The van der Waals surface area contributed by atoms with Crippen molar-refractivity contribution < 1.29 is 13.5 Å². The minimum Gasteiger partial charge on any atom is -0.434 e. The zero-order chi connectivity index (χ0) is 15.2. The van der Waals surface area contributed by atoms with E-state index in [2.05, 4.69) is 15.0 Å². The molecule has 1 N–H and O–H groups in total. The first-order chi connectivity index (χ1) is 10.1. The van der Waals surface area contributed by atoms with E-state index in [0.717, 1.165) is 22.8 Å². The maximum Gasteiger partial charge on any atom is 0.387 e. The lowest BCUT2D eigenvalue weighted by atomic mass is 10.0. The van der Waals surface area contributed by atoms with E-state index in [1.54, 1.807) is 23.5 Å². The number of nitrogens with one attached hydrogen (secondary N) is 1. The average Bonchev–Trinajstić information content (AvgIpc) is 2.84. The van der Waals surface area contributed by atoms with Gasteiger partial charge in [0.15, 0.2) is 0 Å². The van der Waals surface area contributed by atoms with Gasteiger partial charge in [-0.3, -0.25) is 0 Å². The normalized spacial score (nSPS) is 12.6. The van der Waals surface area contributed by atoms with Crippen molar-refractivity contribution in [2.45, 2.75) is 32.9 Å². The summed E-state index contributed by atoms with van der Waals surface area (Å²) < 4.78 is 29.7. The Morgan fingerprint density at radius 3 is 2.71 bits per heavy atom. The summed E-state index contributed by atoms with van der Waals surface area (Å²) in [5, 5.41) is 6.30. The highest BCUT2D eigenvalue weighted by atomic mass is 32.1. The Morgan fingerprint density at radius 1 is 1.33 bits per heavy atom. The zero-order valence-electron chi connectivity index (χ0n) is 12.0. The standard InChI is InChI=1S/C15H18F2N2OS/c1-3-18-13(8-11-9-21-10(2)19-11)12-6-4-5-7-14(12)20-15(16)17/h4-7,9,13,15,18H,3,8H2,1-2H3. The Labute approximate surface area is 127 Å². The molecular formula is C15H18F2N2OS. The third-order valence-electron chi connectivity index (χ3n) is 3.04. The van der Waals surface area contributed by atoms with Gasteiger partial charge in [-0.1, -0.05) is 25.1 Å². The smallest absolute Gasteiger partial charge is 0.387 e. The molecule has 1 heterocycles. The third kappa shape index (κ3) is 4.47. The molecule has 0 aliphatic rings. The van der Waals surface area contributed by atoms with Crippen LogP contribution in [0.4, 0.5) is 8.78 Å². The van der Waals surface area contributed by atoms with E-state index in [0.29, 0.717) is 6.42 Å². The Balaban J connectivity index is 2.24. The summed E-state index contributed by atoms with van der Waals surface area (Å²) in [6.45, 7) is 1.84. The van der Waals surface area contributed by atoms with Gasteiger partial charge in [0.25, 0.3) is 0 Å². The van der Waals surface area contributed by atoms with Crippen LogP contribution in [0.5, 0.6) is 5.75 Å². The van der Waals surface area contributed by atoms with E-state index < -0.39 is 6.61 Å². The molecule has 2 rings (SSSR count). The molecule has 2 aromatic rings. The van der Waals surface area contributed by atoms with E-state index in [1.807, 2.05) is 31.4 Å². The van der Waals surface area contributed by atoms with Crippen LogP contribution in [-0.4, -0.2) is 18.1 Å². The minimum atomic E-state index is -2.82. The summed E-state index contributed by atoms with van der Waals surface area (Å²) in [5.74, 6) is 0.213. The molecule has 0 amide bonds. The summed E-state index contributed by atoms with van der Waals surface area (Å²) in [4.78, 5) is 4.44. The van der Waals surface area contributed by atoms with E-state index in [-0.39, 0.29) is 11.8 Å². The molecule has 114 valence electrons. The lowest BCUT2D eigenvalue weighted by molar-refractivity contribution is -0.0507. The molecular weight excluding hydrogens is 294 g/mol. The summed E-state index contributed by atoms with van der Waals surface area (Å²) in [7, 11) is 0. The zero-order valence-corrected chi connectivity index (χ0v) is 12.8. The predicted molar refractivity (Wildman–Crippen MR) is 80.0 cm³/mol. The van der Waals surface area contributed by atoms with E-state index in [9.17, 15) is 8.78 Å². The number of likely N-dealkylation sites (N-methyl/N-ethyl adjacent to an activating group) is 1. The van der Waals surface area contributed by atoms with Crippen LogP contribution in [0.15, 0.2) is 29.6 Å². The Morgan fingerprint density at radius 2 is 2.10 bits per heavy atom. The van der Waals surface area contributed by atoms with Crippen molar-refractivity contribution in [1.29, 1.82) is 0 Å². The lowest BCUT2D eigenvalue weighted by Gasteiger charge is -2.20. The molecule has 0 spiro atoms. The fourth-order valence-electron chi connectivity index (χ4n) is 2.22. The summed E-state index contributed by atoms with van der Waals surface area (Å²) in [6, 6.07) is 6.79. The van der Waals surface area contributed by atoms with Gasteiger partial charge in [0.2, 0.25) is 0 Å². The van der Waals surface area contributed by atoms with Crippen molar-refractivity contribution in [3.8, 4) is 5.75 Å². The monoisotopic (exact) mass is 312 g/mol. The van der Waals surface area contributed by atoms with Crippen LogP contribution in [-0.2, 0) is 6.42 Å². The highest BCUT2D eigenvalue weighted by Gasteiger charge is 2.18. The molecule has 21 heavy (non-hydrogen) atoms. The number of hydrogen-bond donors (Lipinski definition) is 1. The Bertz CT molecular complexity index is 574.